The maximum atomic E-state index is 14.2. The van der Waals surface area contributed by atoms with E-state index < -0.39 is 24.4 Å². The molecule has 7 nitrogen and oxygen atoms in total. The van der Waals surface area contributed by atoms with Crippen LogP contribution < -0.4 is 16.0 Å². The van der Waals surface area contributed by atoms with Crippen LogP contribution in [0.15, 0.2) is 0 Å². The lowest BCUT2D eigenvalue weighted by Crippen LogP contribution is -2.61. The third kappa shape index (κ3) is 6.62. The van der Waals surface area contributed by atoms with Crippen molar-refractivity contribution in [3.05, 3.63) is 0 Å². The van der Waals surface area contributed by atoms with Crippen molar-refractivity contribution in [2.24, 2.45) is 11.8 Å². The summed E-state index contributed by atoms with van der Waals surface area (Å²) in [6.45, 7) is 7.41. The number of nitrogens with zero attached hydrogens (tertiary/aromatic N) is 1. The number of likely N-dealkylation sites (tertiary alicyclic amines) is 1. The highest BCUT2D eigenvalue weighted by Gasteiger charge is 2.45. The van der Waals surface area contributed by atoms with Gasteiger partial charge in [0.05, 0.1) is 12.6 Å². The van der Waals surface area contributed by atoms with Gasteiger partial charge in [-0.1, -0.05) is 20.8 Å². The molecule has 3 N–H and O–H groups in total. The summed E-state index contributed by atoms with van der Waals surface area (Å²) in [5, 5.41) is 8.30. The molecular weight excluding hydrogens is 382 g/mol. The summed E-state index contributed by atoms with van der Waals surface area (Å²) in [5.74, 6) is -4.17. The molecule has 166 valence electrons. The first kappa shape index (κ1) is 23.5. The van der Waals surface area contributed by atoms with Gasteiger partial charge in [-0.2, -0.15) is 0 Å². The van der Waals surface area contributed by atoms with Gasteiger partial charge < -0.3 is 20.9 Å². The number of carbonyl (C=O) groups excluding carboxylic acids is 3. The van der Waals surface area contributed by atoms with Crippen molar-refractivity contribution in [1.82, 2.24) is 20.9 Å². The van der Waals surface area contributed by atoms with Crippen LogP contribution in [-0.4, -0.2) is 66.3 Å². The largest absolute Gasteiger partial charge is 0.353 e. The van der Waals surface area contributed by atoms with Crippen LogP contribution in [-0.2, 0) is 14.4 Å². The summed E-state index contributed by atoms with van der Waals surface area (Å²) in [7, 11) is 0. The number of amides is 3. The second kappa shape index (κ2) is 9.82. The molecule has 2 aliphatic heterocycles. The molecule has 9 heteroatoms. The van der Waals surface area contributed by atoms with E-state index in [2.05, 4.69) is 16.0 Å². The summed E-state index contributed by atoms with van der Waals surface area (Å²) < 4.78 is 28.3. The first-order valence-corrected chi connectivity index (χ1v) is 10.5. The molecule has 0 saturated carbocycles. The van der Waals surface area contributed by atoms with E-state index in [-0.39, 0.29) is 42.2 Å². The number of hydrogen-bond acceptors (Lipinski definition) is 4. The first-order valence-electron chi connectivity index (χ1n) is 10.5. The van der Waals surface area contributed by atoms with E-state index >= 15 is 0 Å². The number of alkyl halides is 2. The normalized spacial score (nSPS) is 26.1. The van der Waals surface area contributed by atoms with Crippen LogP contribution in [0.1, 0.15) is 53.4 Å². The molecule has 0 aromatic rings. The van der Waals surface area contributed by atoms with Crippen LogP contribution in [0, 0.1) is 11.8 Å². The van der Waals surface area contributed by atoms with Crippen LogP contribution in [0.25, 0.3) is 0 Å². The Morgan fingerprint density at radius 3 is 2.28 bits per heavy atom. The maximum absolute atomic E-state index is 14.2. The van der Waals surface area contributed by atoms with Crippen LogP contribution in [0.5, 0.6) is 0 Å². The fourth-order valence-electron chi connectivity index (χ4n) is 3.84. The second-order valence-electron chi connectivity index (χ2n) is 8.72. The zero-order valence-corrected chi connectivity index (χ0v) is 17.8. The average molecular weight is 417 g/mol. The van der Waals surface area contributed by atoms with Gasteiger partial charge in [-0.3, -0.25) is 14.4 Å². The molecule has 2 saturated heterocycles. The summed E-state index contributed by atoms with van der Waals surface area (Å²) in [6, 6.07) is -1.47. The van der Waals surface area contributed by atoms with Crippen LogP contribution >= 0.6 is 0 Å². The zero-order valence-electron chi connectivity index (χ0n) is 17.8. The number of rotatable bonds is 6. The van der Waals surface area contributed by atoms with E-state index in [0.29, 0.717) is 19.5 Å². The third-order valence-electron chi connectivity index (χ3n) is 5.87. The minimum atomic E-state index is -3.02. The number of halogens is 2. The Hall–Kier alpha value is -1.77. The predicted molar refractivity (Wildman–Crippen MR) is 105 cm³/mol. The summed E-state index contributed by atoms with van der Waals surface area (Å²) in [4.78, 5) is 37.6. The zero-order chi connectivity index (χ0) is 21.8. The summed E-state index contributed by atoms with van der Waals surface area (Å²) in [6.07, 6.45) is 1.94. The van der Waals surface area contributed by atoms with Gasteiger partial charge in [-0.05, 0) is 25.7 Å². The van der Waals surface area contributed by atoms with Crippen LogP contribution in [0.2, 0.25) is 0 Å². The molecule has 0 aromatic heterocycles. The number of piperidine rings is 2. The quantitative estimate of drug-likeness (QED) is 0.608. The molecule has 2 fully saturated rings. The minimum absolute atomic E-state index is 0.0299. The molecule has 2 rings (SSSR count). The lowest BCUT2D eigenvalue weighted by atomic mass is 9.89. The van der Waals surface area contributed by atoms with E-state index in [9.17, 15) is 23.2 Å². The van der Waals surface area contributed by atoms with Gasteiger partial charge in [0.15, 0.2) is 0 Å². The van der Waals surface area contributed by atoms with Gasteiger partial charge in [-0.25, -0.2) is 8.78 Å². The molecule has 3 atom stereocenters. The molecule has 2 heterocycles. The molecule has 29 heavy (non-hydrogen) atoms. The second-order valence-corrected chi connectivity index (χ2v) is 8.72. The van der Waals surface area contributed by atoms with Crippen molar-refractivity contribution >= 4 is 17.7 Å². The molecule has 0 bridgehead atoms. The fraction of sp³-hybridized carbons (Fsp3) is 0.850. The maximum Gasteiger partial charge on any atom is 0.280 e. The highest BCUT2D eigenvalue weighted by atomic mass is 19.3. The average Bonchev–Trinajstić information content (AvgIpc) is 2.64. The van der Waals surface area contributed by atoms with E-state index in [1.807, 2.05) is 0 Å². The smallest absolute Gasteiger partial charge is 0.280 e. The topological polar surface area (TPSA) is 90.5 Å². The lowest BCUT2D eigenvalue weighted by molar-refractivity contribution is -0.132. The van der Waals surface area contributed by atoms with Crippen LogP contribution in [0.4, 0.5) is 8.78 Å². The van der Waals surface area contributed by atoms with Crippen molar-refractivity contribution in [2.45, 2.75) is 77.4 Å². The molecule has 3 unspecified atom stereocenters. The van der Waals surface area contributed by atoms with Gasteiger partial charge in [0.2, 0.25) is 17.7 Å². The van der Waals surface area contributed by atoms with Gasteiger partial charge in [-0.15, -0.1) is 0 Å². The van der Waals surface area contributed by atoms with Gasteiger partial charge in [0.1, 0.15) is 0 Å². The fourth-order valence-corrected chi connectivity index (χ4v) is 3.84. The Balaban J connectivity index is 1.83. The van der Waals surface area contributed by atoms with E-state index in [1.54, 1.807) is 32.6 Å². The molecule has 2 aliphatic rings. The highest BCUT2D eigenvalue weighted by Crippen LogP contribution is 2.28. The Morgan fingerprint density at radius 1 is 1.10 bits per heavy atom. The SMILES string of the molecule is CC(=O)N1CCC(NC(=O)C(C)CC2CC(NC(=O)C(C)C)C(F)(F)CN2)CC1. The van der Waals surface area contributed by atoms with Crippen molar-refractivity contribution in [3.8, 4) is 0 Å². The van der Waals surface area contributed by atoms with E-state index in [1.165, 1.54) is 0 Å². The highest BCUT2D eigenvalue weighted by molar-refractivity contribution is 5.79. The lowest BCUT2D eigenvalue weighted by Gasteiger charge is -2.38. The first-order chi connectivity index (χ1) is 13.5. The van der Waals surface area contributed by atoms with Crippen molar-refractivity contribution in [1.29, 1.82) is 0 Å². The monoisotopic (exact) mass is 416 g/mol. The molecule has 0 aromatic carbocycles. The number of hydrogen-bond donors (Lipinski definition) is 3. The van der Waals surface area contributed by atoms with Crippen LogP contribution in [0.3, 0.4) is 0 Å². The van der Waals surface area contributed by atoms with E-state index in [0.717, 1.165) is 12.8 Å². The number of carbonyl (C=O) groups is 3. The molecular formula is C20H34F2N4O3. The standard InChI is InChI=1S/C20H34F2N4O3/c1-12(2)18(28)25-17-10-16(23-11-20(17,21)22)9-13(3)19(29)24-15-5-7-26(8-6-15)14(4)27/h12-13,15-17,23H,5-11H2,1-4H3,(H,24,29)(H,25,28). The van der Waals surface area contributed by atoms with Gasteiger partial charge in [0.25, 0.3) is 5.92 Å². The Bertz CT molecular complexity index is 607. The van der Waals surface area contributed by atoms with Gasteiger partial charge in [0, 0.05) is 43.9 Å². The molecule has 0 spiro atoms. The van der Waals surface area contributed by atoms with Crippen molar-refractivity contribution in [2.75, 3.05) is 19.6 Å². The summed E-state index contributed by atoms with van der Waals surface area (Å²) >= 11 is 0. The third-order valence-corrected chi connectivity index (χ3v) is 5.87. The molecule has 0 radical (unpaired) electrons. The van der Waals surface area contributed by atoms with Gasteiger partial charge >= 0.3 is 0 Å². The van der Waals surface area contributed by atoms with Crippen molar-refractivity contribution < 1.29 is 23.2 Å². The van der Waals surface area contributed by atoms with E-state index in [4.69, 9.17) is 0 Å². The molecule has 0 aliphatic carbocycles. The Kier molecular flexibility index (Phi) is 7.96. The Morgan fingerprint density at radius 2 is 1.72 bits per heavy atom. The predicted octanol–water partition coefficient (Wildman–Crippen LogP) is 1.28. The molecule has 3 amide bonds. The number of nitrogens with one attached hydrogen (secondary N) is 3. The Labute approximate surface area is 171 Å². The summed E-state index contributed by atoms with van der Waals surface area (Å²) in [5.41, 5.74) is 0. The minimum Gasteiger partial charge on any atom is -0.353 e. The van der Waals surface area contributed by atoms with Crippen molar-refractivity contribution in [3.63, 3.8) is 0 Å².